The molecule has 1 atom stereocenters. The van der Waals surface area contributed by atoms with Crippen molar-refractivity contribution in [1.82, 2.24) is 9.97 Å². The molecule has 0 spiro atoms. The van der Waals surface area contributed by atoms with Gasteiger partial charge in [0.1, 0.15) is 18.0 Å². The molecule has 0 saturated carbocycles. The lowest BCUT2D eigenvalue weighted by molar-refractivity contribution is 0.0439. The van der Waals surface area contributed by atoms with E-state index in [2.05, 4.69) is 34.0 Å². The average Bonchev–Trinajstić information content (AvgIpc) is 2.51. The molecule has 112 valence electrons. The minimum absolute atomic E-state index is 0.339. The van der Waals surface area contributed by atoms with Crippen LogP contribution in [0.2, 0.25) is 0 Å². The molecule has 1 saturated heterocycles. The number of rotatable bonds is 7. The highest BCUT2D eigenvalue weighted by Gasteiger charge is 2.21. The van der Waals surface area contributed by atoms with Gasteiger partial charge in [-0.2, -0.15) is 0 Å². The van der Waals surface area contributed by atoms with Crippen molar-refractivity contribution in [3.05, 3.63) is 12.4 Å². The lowest BCUT2D eigenvalue weighted by Gasteiger charge is -2.33. The molecular weight excluding hydrogens is 252 g/mol. The minimum atomic E-state index is 0.339. The standard InChI is InChI=1S/C15H26N4O/c1-3-7-16-14-10-15(18-12-17-14)19-8-5-6-13(11-19)20-9-4-2/h10,12-13H,3-9,11H2,1-2H3,(H,16,17,18). The van der Waals surface area contributed by atoms with Gasteiger partial charge in [-0.25, -0.2) is 9.97 Å². The van der Waals surface area contributed by atoms with Gasteiger partial charge in [0, 0.05) is 32.3 Å². The molecule has 0 radical (unpaired) electrons. The fourth-order valence-electron chi connectivity index (χ4n) is 2.44. The van der Waals surface area contributed by atoms with Crippen molar-refractivity contribution in [1.29, 1.82) is 0 Å². The first-order valence-electron chi connectivity index (χ1n) is 7.76. The maximum Gasteiger partial charge on any atom is 0.134 e. The monoisotopic (exact) mass is 278 g/mol. The van der Waals surface area contributed by atoms with E-state index in [0.29, 0.717) is 6.10 Å². The fourth-order valence-corrected chi connectivity index (χ4v) is 2.44. The zero-order valence-corrected chi connectivity index (χ0v) is 12.6. The molecule has 5 nitrogen and oxygen atoms in total. The first kappa shape index (κ1) is 15.0. The van der Waals surface area contributed by atoms with Crippen LogP contribution in [0.4, 0.5) is 11.6 Å². The van der Waals surface area contributed by atoms with Gasteiger partial charge in [0.25, 0.3) is 0 Å². The van der Waals surface area contributed by atoms with Crippen LogP contribution in [0, 0.1) is 0 Å². The second-order valence-electron chi connectivity index (χ2n) is 5.27. The van der Waals surface area contributed by atoms with Crippen LogP contribution < -0.4 is 10.2 Å². The lowest BCUT2D eigenvalue weighted by atomic mass is 10.1. The van der Waals surface area contributed by atoms with Crippen molar-refractivity contribution in [2.45, 2.75) is 45.6 Å². The van der Waals surface area contributed by atoms with E-state index in [1.165, 1.54) is 0 Å². The van der Waals surface area contributed by atoms with Crippen LogP contribution in [0.25, 0.3) is 0 Å². The number of ether oxygens (including phenoxy) is 1. The topological polar surface area (TPSA) is 50.3 Å². The van der Waals surface area contributed by atoms with Crippen LogP contribution in [0.5, 0.6) is 0 Å². The van der Waals surface area contributed by atoms with E-state index >= 15 is 0 Å². The van der Waals surface area contributed by atoms with Crippen molar-refractivity contribution < 1.29 is 4.74 Å². The molecule has 0 aromatic carbocycles. The highest BCUT2D eigenvalue weighted by molar-refractivity contribution is 5.48. The number of hydrogen-bond donors (Lipinski definition) is 1. The molecular formula is C15H26N4O. The normalized spacial score (nSPS) is 19.1. The zero-order valence-electron chi connectivity index (χ0n) is 12.6. The molecule has 1 aliphatic rings. The summed E-state index contributed by atoms with van der Waals surface area (Å²) >= 11 is 0. The third kappa shape index (κ3) is 4.34. The van der Waals surface area contributed by atoms with Crippen LogP contribution in [0.1, 0.15) is 39.5 Å². The van der Waals surface area contributed by atoms with Gasteiger partial charge in [0.15, 0.2) is 0 Å². The smallest absolute Gasteiger partial charge is 0.134 e. The maximum absolute atomic E-state index is 5.88. The van der Waals surface area contributed by atoms with Gasteiger partial charge in [-0.3, -0.25) is 0 Å². The predicted octanol–water partition coefficient (Wildman–Crippen LogP) is 2.69. The first-order valence-corrected chi connectivity index (χ1v) is 7.76. The van der Waals surface area contributed by atoms with Gasteiger partial charge in [-0.1, -0.05) is 13.8 Å². The molecule has 1 aliphatic heterocycles. The molecule has 0 amide bonds. The minimum Gasteiger partial charge on any atom is -0.376 e. The number of nitrogens with zero attached hydrogens (tertiary/aromatic N) is 3. The number of piperidine rings is 1. The summed E-state index contributed by atoms with van der Waals surface area (Å²) in [4.78, 5) is 11.0. The van der Waals surface area contributed by atoms with Crippen molar-refractivity contribution in [2.24, 2.45) is 0 Å². The molecule has 20 heavy (non-hydrogen) atoms. The van der Waals surface area contributed by atoms with Gasteiger partial charge < -0.3 is 15.0 Å². The average molecular weight is 278 g/mol. The zero-order chi connectivity index (χ0) is 14.2. The van der Waals surface area contributed by atoms with E-state index in [-0.39, 0.29) is 0 Å². The molecule has 0 aliphatic carbocycles. The van der Waals surface area contributed by atoms with Gasteiger partial charge in [-0.05, 0) is 25.7 Å². The van der Waals surface area contributed by atoms with Crippen molar-refractivity contribution in [3.8, 4) is 0 Å². The second-order valence-corrected chi connectivity index (χ2v) is 5.27. The molecule has 2 rings (SSSR count). The molecule has 5 heteroatoms. The predicted molar refractivity (Wildman–Crippen MR) is 82.3 cm³/mol. The Morgan fingerprint density at radius 1 is 1.35 bits per heavy atom. The van der Waals surface area contributed by atoms with Gasteiger partial charge >= 0.3 is 0 Å². The Balaban J connectivity index is 1.95. The largest absolute Gasteiger partial charge is 0.376 e. The maximum atomic E-state index is 5.88. The summed E-state index contributed by atoms with van der Waals surface area (Å²) in [6, 6.07) is 2.04. The Hall–Kier alpha value is -1.36. The molecule has 1 N–H and O–H groups in total. The van der Waals surface area contributed by atoms with Gasteiger partial charge in [0.2, 0.25) is 0 Å². The van der Waals surface area contributed by atoms with E-state index in [4.69, 9.17) is 4.74 Å². The molecule has 0 bridgehead atoms. The Kier molecular flexibility index (Phi) is 6.05. The van der Waals surface area contributed by atoms with Crippen LogP contribution in [0.3, 0.4) is 0 Å². The summed E-state index contributed by atoms with van der Waals surface area (Å²) in [5.41, 5.74) is 0. The van der Waals surface area contributed by atoms with E-state index in [1.54, 1.807) is 6.33 Å². The third-order valence-electron chi connectivity index (χ3n) is 3.47. The quantitative estimate of drug-likeness (QED) is 0.831. The van der Waals surface area contributed by atoms with Gasteiger partial charge in [0.05, 0.1) is 6.10 Å². The van der Waals surface area contributed by atoms with Crippen LogP contribution in [-0.4, -0.2) is 42.3 Å². The van der Waals surface area contributed by atoms with E-state index in [9.17, 15) is 0 Å². The summed E-state index contributed by atoms with van der Waals surface area (Å²) in [7, 11) is 0. The molecule has 1 aromatic rings. The Morgan fingerprint density at radius 3 is 3.05 bits per heavy atom. The Morgan fingerprint density at radius 2 is 2.25 bits per heavy atom. The molecule has 1 fully saturated rings. The summed E-state index contributed by atoms with van der Waals surface area (Å²) in [6.45, 7) is 8.08. The fraction of sp³-hybridized carbons (Fsp3) is 0.733. The van der Waals surface area contributed by atoms with E-state index < -0.39 is 0 Å². The van der Waals surface area contributed by atoms with E-state index in [1.807, 2.05) is 6.07 Å². The Bertz CT molecular complexity index is 399. The summed E-state index contributed by atoms with van der Waals surface area (Å²) < 4.78 is 5.88. The third-order valence-corrected chi connectivity index (χ3v) is 3.47. The number of anilines is 2. The Labute approximate surface area is 121 Å². The highest BCUT2D eigenvalue weighted by atomic mass is 16.5. The van der Waals surface area contributed by atoms with Crippen molar-refractivity contribution in [3.63, 3.8) is 0 Å². The summed E-state index contributed by atoms with van der Waals surface area (Å²) in [5.74, 6) is 1.91. The molecule has 1 aromatic heterocycles. The molecule has 2 heterocycles. The second kappa shape index (κ2) is 8.04. The van der Waals surface area contributed by atoms with Crippen LogP contribution in [0.15, 0.2) is 12.4 Å². The first-order chi connectivity index (χ1) is 9.83. The lowest BCUT2D eigenvalue weighted by Crippen LogP contribution is -2.40. The number of nitrogens with one attached hydrogen (secondary N) is 1. The summed E-state index contributed by atoms with van der Waals surface area (Å²) in [6.07, 6.45) is 6.47. The van der Waals surface area contributed by atoms with Gasteiger partial charge in [-0.15, -0.1) is 0 Å². The van der Waals surface area contributed by atoms with E-state index in [0.717, 1.165) is 63.6 Å². The highest BCUT2D eigenvalue weighted by Crippen LogP contribution is 2.21. The SMILES string of the molecule is CCCNc1cc(N2CCCC(OCCC)C2)ncn1. The number of hydrogen-bond acceptors (Lipinski definition) is 5. The van der Waals surface area contributed by atoms with Crippen molar-refractivity contribution >= 4 is 11.6 Å². The summed E-state index contributed by atoms with van der Waals surface area (Å²) in [5, 5.41) is 3.31. The van der Waals surface area contributed by atoms with Crippen molar-refractivity contribution in [2.75, 3.05) is 36.5 Å². The van der Waals surface area contributed by atoms with Crippen LogP contribution >= 0.6 is 0 Å². The van der Waals surface area contributed by atoms with Crippen LogP contribution in [-0.2, 0) is 4.74 Å². The molecule has 1 unspecified atom stereocenters. The number of aromatic nitrogens is 2.